The third-order valence-electron chi connectivity index (χ3n) is 5.06. The molecule has 180 valence electrons. The summed E-state index contributed by atoms with van der Waals surface area (Å²) >= 11 is 0. The first-order valence-corrected chi connectivity index (χ1v) is 12.0. The molecule has 0 bridgehead atoms. The molecular formula is C25H44O6. The van der Waals surface area contributed by atoms with E-state index in [1.54, 1.807) is 0 Å². The van der Waals surface area contributed by atoms with Crippen molar-refractivity contribution in [2.75, 3.05) is 59.5 Å². The van der Waals surface area contributed by atoms with E-state index in [1.165, 1.54) is 50.5 Å². The van der Waals surface area contributed by atoms with Crippen molar-refractivity contribution >= 4 is 0 Å². The van der Waals surface area contributed by atoms with Crippen LogP contribution in [0.2, 0.25) is 0 Å². The van der Waals surface area contributed by atoms with E-state index in [-0.39, 0.29) is 13.2 Å². The van der Waals surface area contributed by atoms with Crippen molar-refractivity contribution in [3.8, 4) is 0 Å². The summed E-state index contributed by atoms with van der Waals surface area (Å²) in [4.78, 5) is 0. The van der Waals surface area contributed by atoms with Gasteiger partial charge in [0.05, 0.1) is 59.5 Å². The molecule has 0 spiro atoms. The van der Waals surface area contributed by atoms with E-state index in [9.17, 15) is 5.11 Å². The molecule has 0 fully saturated rings. The Hall–Kier alpha value is -1.02. The highest BCUT2D eigenvalue weighted by molar-refractivity contribution is 5.24. The predicted molar refractivity (Wildman–Crippen MR) is 123 cm³/mol. The summed E-state index contributed by atoms with van der Waals surface area (Å²) in [6.07, 6.45) is 9.76. The lowest BCUT2D eigenvalue weighted by atomic mass is 10.0. The van der Waals surface area contributed by atoms with Crippen molar-refractivity contribution in [1.82, 2.24) is 0 Å². The van der Waals surface area contributed by atoms with Gasteiger partial charge in [-0.05, 0) is 24.0 Å². The second-order valence-electron chi connectivity index (χ2n) is 7.76. The summed E-state index contributed by atoms with van der Waals surface area (Å²) in [5.74, 6) is 0. The fourth-order valence-corrected chi connectivity index (χ4v) is 3.21. The Bertz CT molecular complexity index is 493. The summed E-state index contributed by atoms with van der Waals surface area (Å²) in [6, 6.07) is 8.24. The minimum atomic E-state index is -0.616. The van der Waals surface area contributed by atoms with Gasteiger partial charge in [0.25, 0.3) is 0 Å². The van der Waals surface area contributed by atoms with E-state index in [0.717, 1.165) is 12.0 Å². The van der Waals surface area contributed by atoms with Crippen LogP contribution in [0.4, 0.5) is 0 Å². The van der Waals surface area contributed by atoms with Crippen molar-refractivity contribution in [2.24, 2.45) is 0 Å². The molecule has 6 nitrogen and oxygen atoms in total. The van der Waals surface area contributed by atoms with Gasteiger partial charge in [-0.15, -0.1) is 0 Å². The van der Waals surface area contributed by atoms with Crippen LogP contribution in [0, 0.1) is 0 Å². The Kier molecular flexibility index (Phi) is 18.8. The quantitative estimate of drug-likeness (QED) is 0.265. The second kappa shape index (κ2) is 20.9. The Labute approximate surface area is 188 Å². The molecule has 2 N–H and O–H groups in total. The summed E-state index contributed by atoms with van der Waals surface area (Å²) in [5, 5.41) is 18.8. The van der Waals surface area contributed by atoms with Gasteiger partial charge in [-0.25, -0.2) is 0 Å². The Morgan fingerprint density at radius 3 is 1.77 bits per heavy atom. The molecule has 6 heteroatoms. The maximum Gasteiger partial charge on any atom is 0.102 e. The van der Waals surface area contributed by atoms with E-state index in [1.807, 2.05) is 12.1 Å². The van der Waals surface area contributed by atoms with Gasteiger partial charge in [-0.3, -0.25) is 0 Å². The molecule has 0 amide bonds. The maximum atomic E-state index is 10.3. The monoisotopic (exact) mass is 440 g/mol. The third-order valence-corrected chi connectivity index (χ3v) is 5.06. The maximum absolute atomic E-state index is 10.3. The second-order valence-corrected chi connectivity index (χ2v) is 7.76. The van der Waals surface area contributed by atoms with Crippen LogP contribution in [0.1, 0.15) is 69.1 Å². The number of aliphatic hydroxyl groups is 2. The standard InChI is InChI=1S/C25H44O6/c1-2-3-4-5-6-7-8-9-23-10-12-24(13-11-23)25(27)22-31-21-20-30-19-18-29-17-16-28-15-14-26/h10-13,25-27H,2-9,14-22H2,1H3. The molecule has 1 aromatic carbocycles. The molecule has 1 rings (SSSR count). The molecule has 0 aliphatic rings. The van der Waals surface area contributed by atoms with Crippen molar-refractivity contribution in [3.05, 3.63) is 35.4 Å². The Balaban J connectivity index is 1.99. The zero-order valence-electron chi connectivity index (χ0n) is 19.4. The normalized spacial score (nSPS) is 12.4. The molecule has 1 aromatic rings. The van der Waals surface area contributed by atoms with Crippen LogP contribution in [0.5, 0.6) is 0 Å². The lowest BCUT2D eigenvalue weighted by Gasteiger charge is -2.13. The number of unbranched alkanes of at least 4 members (excludes halogenated alkanes) is 6. The molecule has 1 atom stereocenters. The molecule has 0 aromatic heterocycles. The number of aliphatic hydroxyl groups excluding tert-OH is 2. The van der Waals surface area contributed by atoms with Crippen LogP contribution >= 0.6 is 0 Å². The van der Waals surface area contributed by atoms with E-state index < -0.39 is 6.10 Å². The van der Waals surface area contributed by atoms with Crippen LogP contribution in [-0.4, -0.2) is 69.7 Å². The fourth-order valence-electron chi connectivity index (χ4n) is 3.21. The van der Waals surface area contributed by atoms with Crippen LogP contribution < -0.4 is 0 Å². The number of aryl methyl sites for hydroxylation is 1. The van der Waals surface area contributed by atoms with Gasteiger partial charge in [0.15, 0.2) is 0 Å². The van der Waals surface area contributed by atoms with Crippen molar-refractivity contribution < 1.29 is 29.2 Å². The van der Waals surface area contributed by atoms with Crippen LogP contribution in [0.3, 0.4) is 0 Å². The first-order chi connectivity index (χ1) is 15.3. The summed E-state index contributed by atoms with van der Waals surface area (Å²) < 4.78 is 21.4. The van der Waals surface area contributed by atoms with Gasteiger partial charge >= 0.3 is 0 Å². The molecule has 0 saturated heterocycles. The fraction of sp³-hybridized carbons (Fsp3) is 0.760. The Morgan fingerprint density at radius 2 is 1.19 bits per heavy atom. The summed E-state index contributed by atoms with van der Waals surface area (Å²) in [7, 11) is 0. The molecule has 1 unspecified atom stereocenters. The Morgan fingerprint density at radius 1 is 0.677 bits per heavy atom. The van der Waals surface area contributed by atoms with Gasteiger partial charge in [-0.2, -0.15) is 0 Å². The molecule has 0 saturated carbocycles. The minimum Gasteiger partial charge on any atom is -0.394 e. The number of ether oxygens (including phenoxy) is 4. The van der Waals surface area contributed by atoms with Crippen molar-refractivity contribution in [1.29, 1.82) is 0 Å². The minimum absolute atomic E-state index is 0.0302. The first-order valence-electron chi connectivity index (χ1n) is 12.0. The van der Waals surface area contributed by atoms with E-state index in [4.69, 9.17) is 24.1 Å². The third kappa shape index (κ3) is 16.3. The predicted octanol–water partition coefficient (Wildman–Crippen LogP) is 4.07. The SMILES string of the molecule is CCCCCCCCCc1ccc(C(O)COCCOCCOCCOCCO)cc1. The summed E-state index contributed by atoms with van der Waals surface area (Å²) in [6.45, 7) is 5.74. The van der Waals surface area contributed by atoms with Gasteiger partial charge in [0, 0.05) is 0 Å². The van der Waals surface area contributed by atoms with E-state index in [2.05, 4.69) is 19.1 Å². The van der Waals surface area contributed by atoms with Gasteiger partial charge in [0.1, 0.15) is 6.10 Å². The molecule has 0 radical (unpaired) electrons. The molecular weight excluding hydrogens is 396 g/mol. The molecule has 0 heterocycles. The van der Waals surface area contributed by atoms with Crippen LogP contribution in [0.25, 0.3) is 0 Å². The average molecular weight is 441 g/mol. The highest BCUT2D eigenvalue weighted by atomic mass is 16.6. The number of hydrogen-bond donors (Lipinski definition) is 2. The smallest absolute Gasteiger partial charge is 0.102 e. The highest BCUT2D eigenvalue weighted by Crippen LogP contribution is 2.16. The van der Waals surface area contributed by atoms with Crippen LogP contribution in [0.15, 0.2) is 24.3 Å². The molecule has 0 aliphatic carbocycles. The van der Waals surface area contributed by atoms with Gasteiger partial charge in [-0.1, -0.05) is 69.7 Å². The first kappa shape index (κ1) is 28.0. The van der Waals surface area contributed by atoms with E-state index >= 15 is 0 Å². The molecule has 0 aliphatic heterocycles. The van der Waals surface area contributed by atoms with Crippen LogP contribution in [-0.2, 0) is 25.4 Å². The highest BCUT2D eigenvalue weighted by Gasteiger charge is 2.07. The average Bonchev–Trinajstić information content (AvgIpc) is 2.79. The van der Waals surface area contributed by atoms with E-state index in [0.29, 0.717) is 46.2 Å². The van der Waals surface area contributed by atoms with Gasteiger partial charge < -0.3 is 29.2 Å². The number of rotatable bonds is 22. The zero-order chi connectivity index (χ0) is 22.4. The van der Waals surface area contributed by atoms with Gasteiger partial charge in [0.2, 0.25) is 0 Å². The topological polar surface area (TPSA) is 77.4 Å². The zero-order valence-corrected chi connectivity index (χ0v) is 19.4. The molecule has 31 heavy (non-hydrogen) atoms. The summed E-state index contributed by atoms with van der Waals surface area (Å²) in [5.41, 5.74) is 2.22. The number of hydrogen-bond acceptors (Lipinski definition) is 6. The lowest BCUT2D eigenvalue weighted by molar-refractivity contribution is -0.0188. The van der Waals surface area contributed by atoms with Crippen molar-refractivity contribution in [3.63, 3.8) is 0 Å². The number of benzene rings is 1. The van der Waals surface area contributed by atoms with Crippen molar-refractivity contribution in [2.45, 2.75) is 64.4 Å². The lowest BCUT2D eigenvalue weighted by Crippen LogP contribution is -2.14. The largest absolute Gasteiger partial charge is 0.394 e.